The molecule has 1 aliphatic rings. The highest BCUT2D eigenvalue weighted by molar-refractivity contribution is 5.88. The number of carbonyl (C=O) groups excluding carboxylic acids is 2. The van der Waals surface area contributed by atoms with Gasteiger partial charge in [-0.3, -0.25) is 0 Å². The summed E-state index contributed by atoms with van der Waals surface area (Å²) in [5.41, 5.74) is 8.36. The number of pyridine rings is 2. The molecule has 4 N–H and O–H groups in total. The van der Waals surface area contributed by atoms with Crippen LogP contribution in [-0.4, -0.2) is 62.4 Å². The number of hydrogen-bond donors (Lipinski definition) is 3. The van der Waals surface area contributed by atoms with Crippen molar-refractivity contribution < 1.29 is 28.5 Å². The van der Waals surface area contributed by atoms with E-state index in [-0.39, 0.29) is 18.7 Å². The molecular formula is C33H45N7O6. The highest BCUT2D eigenvalue weighted by Crippen LogP contribution is 2.25. The quantitative estimate of drug-likeness (QED) is 0.291. The van der Waals surface area contributed by atoms with Gasteiger partial charge in [0.2, 0.25) is 0 Å². The zero-order chi connectivity index (χ0) is 33.5. The lowest BCUT2D eigenvalue weighted by Gasteiger charge is -2.25. The molecule has 2 atom stereocenters. The molecule has 0 aliphatic carbocycles. The summed E-state index contributed by atoms with van der Waals surface area (Å²) >= 11 is 0. The smallest absolute Gasteiger partial charge is 0.408 e. The predicted octanol–water partition coefficient (Wildman–Crippen LogP) is 4.87. The summed E-state index contributed by atoms with van der Waals surface area (Å²) in [6, 6.07) is 4.93. The Bertz CT molecular complexity index is 1590. The van der Waals surface area contributed by atoms with E-state index >= 15 is 0 Å². The molecule has 46 heavy (non-hydrogen) atoms. The Balaban J connectivity index is 1.56. The molecule has 0 spiro atoms. The second-order valence-corrected chi connectivity index (χ2v) is 13.1. The summed E-state index contributed by atoms with van der Waals surface area (Å²) in [4.78, 5) is 38.7. The number of alkyl carbamates (subject to hydrolysis) is 2. The molecule has 13 nitrogen and oxygen atoms in total. The number of anilines is 1. The van der Waals surface area contributed by atoms with Crippen LogP contribution in [0.2, 0.25) is 0 Å². The van der Waals surface area contributed by atoms with Crippen LogP contribution in [0.5, 0.6) is 0 Å². The summed E-state index contributed by atoms with van der Waals surface area (Å²) in [6.45, 7) is 11.9. The summed E-state index contributed by atoms with van der Waals surface area (Å²) in [6.07, 6.45) is 3.66. The average molecular weight is 636 g/mol. The van der Waals surface area contributed by atoms with Gasteiger partial charge in [0.05, 0.1) is 48.0 Å². The largest absolute Gasteiger partial charge is 0.444 e. The number of amides is 2. The van der Waals surface area contributed by atoms with Crippen molar-refractivity contribution in [2.24, 2.45) is 7.05 Å². The highest BCUT2D eigenvalue weighted by atomic mass is 16.7. The van der Waals surface area contributed by atoms with E-state index in [1.54, 1.807) is 37.7 Å². The molecule has 0 aromatic carbocycles. The normalized spacial score (nSPS) is 15.8. The molecule has 1 saturated heterocycles. The van der Waals surface area contributed by atoms with Gasteiger partial charge in [-0.05, 0) is 85.3 Å². The number of nitrogens with one attached hydrogen (secondary N) is 2. The Hall–Kier alpha value is -4.41. The number of carbonyl (C=O) groups is 2. The minimum Gasteiger partial charge on any atom is -0.444 e. The molecule has 1 unspecified atom stereocenters. The Morgan fingerprint density at radius 1 is 1.09 bits per heavy atom. The van der Waals surface area contributed by atoms with Gasteiger partial charge < -0.3 is 39.9 Å². The van der Waals surface area contributed by atoms with Crippen molar-refractivity contribution in [1.29, 1.82) is 0 Å². The molecule has 2 amide bonds. The number of hydrogen-bond acceptors (Lipinski definition) is 10. The maximum atomic E-state index is 12.7. The second kappa shape index (κ2) is 14.8. The first-order valence-electron chi connectivity index (χ1n) is 15.5. The zero-order valence-electron chi connectivity index (χ0n) is 27.7. The fourth-order valence-electron chi connectivity index (χ4n) is 4.77. The van der Waals surface area contributed by atoms with E-state index in [4.69, 9.17) is 29.7 Å². The van der Waals surface area contributed by atoms with E-state index in [1.807, 2.05) is 40.0 Å². The van der Waals surface area contributed by atoms with Crippen LogP contribution in [0.15, 0.2) is 24.5 Å². The number of ether oxygens (including phenoxy) is 4. The number of nitrogen functional groups attached to an aromatic ring is 1. The minimum atomic E-state index is -0.658. The number of imidazole rings is 1. The van der Waals surface area contributed by atoms with Gasteiger partial charge in [-0.15, -0.1) is 0 Å². The molecule has 3 aromatic heterocycles. The molecule has 1 fully saturated rings. The molecule has 1 aliphatic heterocycles. The summed E-state index contributed by atoms with van der Waals surface area (Å²) in [5, 5.41) is 5.64. The molecule has 248 valence electrons. The third-order valence-electron chi connectivity index (χ3n) is 6.74. The van der Waals surface area contributed by atoms with Gasteiger partial charge in [0.15, 0.2) is 6.29 Å². The van der Waals surface area contributed by atoms with Crippen molar-refractivity contribution in [3.05, 3.63) is 47.2 Å². The van der Waals surface area contributed by atoms with Crippen LogP contribution in [0.4, 0.5) is 15.4 Å². The fraction of sp³-hybridized carbons (Fsp3) is 0.545. The summed E-state index contributed by atoms with van der Waals surface area (Å²) in [7, 11) is 1.83. The van der Waals surface area contributed by atoms with Crippen LogP contribution in [0.25, 0.3) is 11.0 Å². The lowest BCUT2D eigenvalue weighted by Crippen LogP contribution is -2.36. The number of aryl methyl sites for hydroxylation is 1. The van der Waals surface area contributed by atoms with Crippen molar-refractivity contribution in [2.45, 2.75) is 97.3 Å². The van der Waals surface area contributed by atoms with Gasteiger partial charge in [-0.2, -0.15) is 0 Å². The monoisotopic (exact) mass is 635 g/mol. The predicted molar refractivity (Wildman–Crippen MR) is 172 cm³/mol. The highest BCUT2D eigenvalue weighted by Gasteiger charge is 2.23. The number of fused-ring (bicyclic) bond motifs is 1. The van der Waals surface area contributed by atoms with Crippen LogP contribution < -0.4 is 16.4 Å². The lowest BCUT2D eigenvalue weighted by atomic mass is 10.1. The van der Waals surface area contributed by atoms with Crippen LogP contribution in [0.3, 0.4) is 0 Å². The molecule has 0 saturated carbocycles. The van der Waals surface area contributed by atoms with E-state index in [0.29, 0.717) is 53.3 Å². The standard InChI is InChI=1S/C33H45N7O6/c1-32(2,3)45-30(41)35-19-25-27-28(40(7)20-36-27)22(29(34)38-25)15-14-21-11-10-12-23(37-21)24(39-31(42)46-33(4,5)6)16-18-44-26-13-8-9-17-43-26/h10-12,20,24,26H,8-9,13,16-19H2,1-7H3,(H2,34,38)(H,35,41)(H,39,42)/t24-,26?/m0/s1. The number of aromatic nitrogens is 4. The zero-order valence-corrected chi connectivity index (χ0v) is 27.7. The lowest BCUT2D eigenvalue weighted by molar-refractivity contribution is -0.163. The Kier molecular flexibility index (Phi) is 11.1. The van der Waals surface area contributed by atoms with Crippen LogP contribution in [-0.2, 0) is 32.5 Å². The maximum Gasteiger partial charge on any atom is 0.408 e. The first-order chi connectivity index (χ1) is 21.7. The third kappa shape index (κ3) is 10.1. The van der Waals surface area contributed by atoms with Crippen LogP contribution >= 0.6 is 0 Å². The summed E-state index contributed by atoms with van der Waals surface area (Å²) < 4.78 is 24.3. The van der Waals surface area contributed by atoms with E-state index < -0.39 is 29.4 Å². The van der Waals surface area contributed by atoms with Gasteiger partial charge in [0.1, 0.15) is 28.2 Å². The summed E-state index contributed by atoms with van der Waals surface area (Å²) in [5.74, 6) is 6.40. The van der Waals surface area contributed by atoms with Gasteiger partial charge in [-0.1, -0.05) is 12.0 Å². The van der Waals surface area contributed by atoms with Crippen LogP contribution in [0.1, 0.15) is 95.9 Å². The second-order valence-electron chi connectivity index (χ2n) is 13.1. The first kappa shape index (κ1) is 34.5. The van der Waals surface area contributed by atoms with Crippen molar-refractivity contribution in [3.8, 4) is 11.8 Å². The van der Waals surface area contributed by atoms with Crippen molar-refractivity contribution >= 4 is 29.0 Å². The van der Waals surface area contributed by atoms with Crippen molar-refractivity contribution in [1.82, 2.24) is 30.2 Å². The van der Waals surface area contributed by atoms with Gasteiger partial charge in [0.25, 0.3) is 0 Å². The van der Waals surface area contributed by atoms with Crippen molar-refractivity contribution in [2.75, 3.05) is 18.9 Å². The number of nitrogens with zero attached hydrogens (tertiary/aromatic N) is 4. The Morgan fingerprint density at radius 2 is 1.83 bits per heavy atom. The van der Waals surface area contributed by atoms with E-state index in [9.17, 15) is 9.59 Å². The molecule has 0 radical (unpaired) electrons. The molecule has 0 bridgehead atoms. The molecule has 13 heteroatoms. The van der Waals surface area contributed by atoms with Crippen LogP contribution in [0, 0.1) is 11.8 Å². The van der Waals surface area contributed by atoms with E-state index in [1.165, 1.54) is 0 Å². The van der Waals surface area contributed by atoms with E-state index in [0.717, 1.165) is 19.3 Å². The molecule has 4 rings (SSSR count). The Labute approximate surface area is 269 Å². The third-order valence-corrected chi connectivity index (χ3v) is 6.74. The Morgan fingerprint density at radius 3 is 2.52 bits per heavy atom. The minimum absolute atomic E-state index is 0.0760. The average Bonchev–Trinajstić information content (AvgIpc) is 3.35. The van der Waals surface area contributed by atoms with Gasteiger partial charge >= 0.3 is 12.2 Å². The fourth-order valence-corrected chi connectivity index (χ4v) is 4.77. The van der Waals surface area contributed by atoms with E-state index in [2.05, 4.69) is 32.4 Å². The molecule has 4 heterocycles. The maximum absolute atomic E-state index is 12.7. The first-order valence-corrected chi connectivity index (χ1v) is 15.5. The van der Waals surface area contributed by atoms with Crippen molar-refractivity contribution in [3.63, 3.8) is 0 Å². The number of rotatable bonds is 8. The van der Waals surface area contributed by atoms with Gasteiger partial charge in [-0.25, -0.2) is 24.5 Å². The SMILES string of the molecule is Cn1cnc2c(CNC(=O)OC(C)(C)C)nc(N)c(C#Cc3cccc([C@H](CCOC4CCCCO4)NC(=O)OC(C)(C)C)n3)c21. The molecular weight excluding hydrogens is 590 g/mol. The number of nitrogens with two attached hydrogens (primary N) is 1. The van der Waals surface area contributed by atoms with Gasteiger partial charge in [0, 0.05) is 13.7 Å². The molecule has 3 aromatic rings. The topological polar surface area (TPSA) is 165 Å².